The summed E-state index contributed by atoms with van der Waals surface area (Å²) in [4.78, 5) is 49.3. The molecule has 0 aromatic heterocycles. The van der Waals surface area contributed by atoms with E-state index in [4.69, 9.17) is 4.74 Å². The maximum Gasteiger partial charge on any atom is 0.337 e. The summed E-state index contributed by atoms with van der Waals surface area (Å²) in [6, 6.07) is 19.3. The van der Waals surface area contributed by atoms with Crippen molar-refractivity contribution >= 4 is 60.9 Å². The minimum absolute atomic E-state index is 0.0471. The van der Waals surface area contributed by atoms with Crippen molar-refractivity contribution in [2.24, 2.45) is 0 Å². The van der Waals surface area contributed by atoms with Crippen molar-refractivity contribution in [1.82, 2.24) is 5.32 Å². The maximum absolute atomic E-state index is 13.0. The highest BCUT2D eigenvalue weighted by atomic mass is 32.2. The lowest BCUT2D eigenvalue weighted by molar-refractivity contribution is -0.116. The van der Waals surface area contributed by atoms with Gasteiger partial charge in [0, 0.05) is 31.3 Å². The van der Waals surface area contributed by atoms with E-state index in [9.17, 15) is 46.2 Å². The molecule has 0 bridgehead atoms. The van der Waals surface area contributed by atoms with E-state index < -0.39 is 54.9 Å². The Kier molecular flexibility index (Phi) is 13.9. The van der Waals surface area contributed by atoms with Crippen LogP contribution in [0.5, 0.6) is 0 Å². The van der Waals surface area contributed by atoms with Crippen LogP contribution in [0.2, 0.25) is 0 Å². The first-order valence-electron chi connectivity index (χ1n) is 16.7. The van der Waals surface area contributed by atoms with Crippen molar-refractivity contribution in [3.05, 3.63) is 113 Å². The van der Waals surface area contributed by atoms with Gasteiger partial charge in [-0.05, 0) is 91.1 Å². The molecule has 2 amide bonds. The molecule has 0 saturated carbocycles. The van der Waals surface area contributed by atoms with Crippen LogP contribution in [-0.4, -0.2) is 71.1 Å². The number of carbonyl (C=O) groups excluding carboxylic acids is 2. The third-order valence-corrected chi connectivity index (χ3v) is 10.8. The summed E-state index contributed by atoms with van der Waals surface area (Å²) in [5.41, 5.74) is 0.378. The molecule has 0 atom stereocenters. The molecule has 0 fully saturated rings. The van der Waals surface area contributed by atoms with Crippen LogP contribution in [0.15, 0.2) is 94.7 Å². The molecule has 0 radical (unpaired) electrons. The van der Waals surface area contributed by atoms with Crippen LogP contribution in [0.3, 0.4) is 0 Å². The molecule has 0 aliphatic rings. The summed E-state index contributed by atoms with van der Waals surface area (Å²) in [6.07, 6.45) is 3.05. The Labute approximate surface area is 312 Å². The van der Waals surface area contributed by atoms with Crippen molar-refractivity contribution < 1.29 is 51.0 Å². The summed E-state index contributed by atoms with van der Waals surface area (Å²) in [5, 5.41) is 24.5. The van der Waals surface area contributed by atoms with Crippen LogP contribution in [0.4, 0.5) is 17.1 Å². The molecule has 0 heterocycles. The van der Waals surface area contributed by atoms with Gasteiger partial charge in [0.25, 0.3) is 26.0 Å². The number of carbonyl (C=O) groups is 4. The van der Waals surface area contributed by atoms with Crippen LogP contribution in [0.1, 0.15) is 68.4 Å². The normalized spacial score (nSPS) is 11.4. The number of methoxy groups -OCH3 is 1. The Morgan fingerprint density at radius 1 is 0.685 bits per heavy atom. The highest BCUT2D eigenvalue weighted by molar-refractivity contribution is 7.93. The van der Waals surface area contributed by atoms with Gasteiger partial charge in [-0.3, -0.25) is 19.0 Å². The van der Waals surface area contributed by atoms with Crippen LogP contribution in [0, 0.1) is 0 Å². The first-order valence-corrected chi connectivity index (χ1v) is 19.7. The first kappa shape index (κ1) is 41.0. The molecule has 4 rings (SSSR count). The number of carboxylic acids is 2. The van der Waals surface area contributed by atoms with E-state index in [0.717, 1.165) is 48.6 Å². The average Bonchev–Trinajstić information content (AvgIpc) is 3.13. The van der Waals surface area contributed by atoms with Crippen LogP contribution in [-0.2, 0) is 42.4 Å². The molecule has 0 unspecified atom stereocenters. The number of amides is 2. The number of hydrogen-bond donors (Lipinski definition) is 6. The third-order valence-electron chi connectivity index (χ3n) is 8.05. The molecule has 4 aromatic carbocycles. The minimum atomic E-state index is -4.18. The SMILES string of the molecule is CCCCc1ccc(S(=O)(=O)Nc2ccc(NC(=O)CCNC(=O)c3ccc(NS(=O)(=O)c4ccc(CCOC)cc4)c(C(=O)O)c3)cc2C(=O)O)cc1. The van der Waals surface area contributed by atoms with Crippen molar-refractivity contribution in [2.75, 3.05) is 35.0 Å². The molecule has 54 heavy (non-hydrogen) atoms. The number of aromatic carboxylic acids is 2. The Morgan fingerprint density at radius 3 is 1.72 bits per heavy atom. The van der Waals surface area contributed by atoms with Gasteiger partial charge in [0.05, 0.1) is 38.9 Å². The number of rotatable bonds is 19. The largest absolute Gasteiger partial charge is 0.478 e. The second kappa shape index (κ2) is 18.3. The van der Waals surface area contributed by atoms with Crippen LogP contribution >= 0.6 is 0 Å². The van der Waals surface area contributed by atoms with Gasteiger partial charge in [0.1, 0.15) is 0 Å². The third kappa shape index (κ3) is 11.1. The number of carboxylic acid groups (broad SMARTS) is 2. The molecule has 0 aliphatic heterocycles. The number of hydrogen-bond acceptors (Lipinski definition) is 9. The van der Waals surface area contributed by atoms with E-state index in [1.54, 1.807) is 31.4 Å². The van der Waals surface area contributed by atoms with E-state index in [1.807, 2.05) is 0 Å². The maximum atomic E-state index is 13.0. The molecule has 6 N–H and O–H groups in total. The van der Waals surface area contributed by atoms with Gasteiger partial charge in [-0.25, -0.2) is 26.4 Å². The van der Waals surface area contributed by atoms with E-state index in [1.165, 1.54) is 42.5 Å². The summed E-state index contributed by atoms with van der Waals surface area (Å²) >= 11 is 0. The van der Waals surface area contributed by atoms with Gasteiger partial charge in [-0.1, -0.05) is 37.6 Å². The van der Waals surface area contributed by atoms with Gasteiger partial charge in [0.15, 0.2) is 0 Å². The number of sulfonamides is 2. The molecule has 0 aliphatic carbocycles. The van der Waals surface area contributed by atoms with Gasteiger partial charge >= 0.3 is 11.9 Å². The Hall–Kier alpha value is -5.78. The lowest BCUT2D eigenvalue weighted by atomic mass is 10.1. The molecule has 17 heteroatoms. The van der Waals surface area contributed by atoms with Gasteiger partial charge in [-0.15, -0.1) is 0 Å². The predicted octanol–water partition coefficient (Wildman–Crippen LogP) is 4.97. The fraction of sp³-hybridized carbons (Fsp3) is 0.243. The smallest absolute Gasteiger partial charge is 0.337 e. The van der Waals surface area contributed by atoms with E-state index in [2.05, 4.69) is 27.0 Å². The molecule has 15 nitrogen and oxygen atoms in total. The zero-order valence-corrected chi connectivity index (χ0v) is 31.1. The topological polar surface area (TPSA) is 234 Å². The van der Waals surface area contributed by atoms with Gasteiger partial charge in [0.2, 0.25) is 5.91 Å². The van der Waals surface area contributed by atoms with Crippen molar-refractivity contribution in [3.8, 4) is 0 Å². The zero-order valence-electron chi connectivity index (χ0n) is 29.4. The van der Waals surface area contributed by atoms with Crippen molar-refractivity contribution in [3.63, 3.8) is 0 Å². The monoisotopic (exact) mass is 780 g/mol. The Bertz CT molecular complexity index is 2220. The fourth-order valence-electron chi connectivity index (χ4n) is 5.13. The van der Waals surface area contributed by atoms with Crippen LogP contribution in [0.25, 0.3) is 0 Å². The van der Waals surface area contributed by atoms with Gasteiger partial charge in [-0.2, -0.15) is 0 Å². The molecule has 286 valence electrons. The second-order valence-corrected chi connectivity index (χ2v) is 15.4. The fourth-order valence-corrected chi connectivity index (χ4v) is 7.29. The summed E-state index contributed by atoms with van der Waals surface area (Å²) in [7, 11) is -6.75. The number of ether oxygens (including phenoxy) is 1. The molecular formula is C37H40N4O11S2. The van der Waals surface area contributed by atoms with Crippen molar-refractivity contribution in [1.29, 1.82) is 0 Å². The summed E-state index contributed by atoms with van der Waals surface area (Å²) in [5.74, 6) is -4.30. The number of benzene rings is 4. The first-order chi connectivity index (χ1) is 25.6. The van der Waals surface area contributed by atoms with E-state index in [-0.39, 0.29) is 45.4 Å². The highest BCUT2D eigenvalue weighted by Gasteiger charge is 2.22. The predicted molar refractivity (Wildman–Crippen MR) is 201 cm³/mol. The Balaban J connectivity index is 1.35. The molecule has 0 spiro atoms. The van der Waals surface area contributed by atoms with E-state index >= 15 is 0 Å². The summed E-state index contributed by atoms with van der Waals surface area (Å²) < 4.78 is 61.4. The second-order valence-electron chi connectivity index (χ2n) is 12.0. The Morgan fingerprint density at radius 2 is 1.20 bits per heavy atom. The molecule has 0 saturated heterocycles. The minimum Gasteiger partial charge on any atom is -0.478 e. The molecule has 4 aromatic rings. The van der Waals surface area contributed by atoms with Crippen LogP contribution < -0.4 is 20.1 Å². The molecular weight excluding hydrogens is 741 g/mol. The lowest BCUT2D eigenvalue weighted by Gasteiger charge is -2.14. The average molecular weight is 781 g/mol. The zero-order chi connectivity index (χ0) is 39.5. The number of nitrogens with one attached hydrogen (secondary N) is 4. The quantitative estimate of drug-likeness (QED) is 0.0743. The lowest BCUT2D eigenvalue weighted by Crippen LogP contribution is -2.28. The number of unbranched alkanes of at least 4 members (excludes halogenated alkanes) is 1. The van der Waals surface area contributed by atoms with Crippen molar-refractivity contribution in [2.45, 2.75) is 48.8 Å². The number of aryl methyl sites for hydroxylation is 1. The number of anilines is 3. The van der Waals surface area contributed by atoms with Gasteiger partial charge < -0.3 is 25.6 Å². The highest BCUT2D eigenvalue weighted by Crippen LogP contribution is 2.25. The van der Waals surface area contributed by atoms with E-state index in [0.29, 0.717) is 13.0 Å². The summed E-state index contributed by atoms with van der Waals surface area (Å²) in [6.45, 7) is 2.30. The standard InChI is InChI=1S/C37H40N4O11S2/c1-3-4-5-24-6-12-28(13-7-24)54(50,51)41-33-17-11-27(23-31(33)37(46)47)39-34(42)18-20-38-35(43)26-10-16-32(30(22-26)36(44)45)40-53(48,49)29-14-8-25(9-15-29)19-21-52-2/h6-17,22-23,40-41H,3-5,18-21H2,1-2H3,(H,38,43)(H,39,42)(H,44,45)(H,46,47).